The quantitative estimate of drug-likeness (QED) is 0.424. The third-order valence-electron chi connectivity index (χ3n) is 3.99. The van der Waals surface area contributed by atoms with Crippen LogP contribution in [0.25, 0.3) is 0 Å². The Labute approximate surface area is 163 Å². The van der Waals surface area contributed by atoms with Crippen molar-refractivity contribution in [2.75, 3.05) is 38.7 Å². The van der Waals surface area contributed by atoms with Gasteiger partial charge in [-0.1, -0.05) is 12.1 Å². The van der Waals surface area contributed by atoms with E-state index in [4.69, 9.17) is 4.74 Å². The second-order valence-electron chi connectivity index (χ2n) is 7.10. The number of nitrogens with zero attached hydrogens (tertiary/aromatic N) is 2. The second kappa shape index (κ2) is 9.34. The first kappa shape index (κ1) is 20.9. The molecule has 24 heavy (non-hydrogen) atoms. The third-order valence-corrected chi connectivity index (χ3v) is 3.99. The van der Waals surface area contributed by atoms with Gasteiger partial charge in [0, 0.05) is 32.2 Å². The van der Waals surface area contributed by atoms with Gasteiger partial charge in [-0.2, -0.15) is 0 Å². The summed E-state index contributed by atoms with van der Waals surface area (Å²) in [6.07, 6.45) is 1.18. The maximum absolute atomic E-state index is 5.48. The molecule has 1 heterocycles. The van der Waals surface area contributed by atoms with Gasteiger partial charge in [0.2, 0.25) is 0 Å². The van der Waals surface area contributed by atoms with Crippen LogP contribution in [0.2, 0.25) is 0 Å². The first-order valence-corrected chi connectivity index (χ1v) is 8.29. The van der Waals surface area contributed by atoms with Gasteiger partial charge in [0.15, 0.2) is 5.96 Å². The van der Waals surface area contributed by atoms with Crippen molar-refractivity contribution in [2.24, 2.45) is 10.9 Å². The van der Waals surface area contributed by atoms with Crippen LogP contribution in [0.4, 0.5) is 5.69 Å². The maximum atomic E-state index is 5.48. The zero-order valence-corrected chi connectivity index (χ0v) is 17.8. The van der Waals surface area contributed by atoms with Crippen LogP contribution >= 0.6 is 24.0 Å². The molecule has 1 atom stereocenters. The monoisotopic (exact) mass is 446 g/mol. The number of methoxy groups -OCH3 is 1. The van der Waals surface area contributed by atoms with Crippen LogP contribution in [0.5, 0.6) is 5.75 Å². The van der Waals surface area contributed by atoms with Crippen molar-refractivity contribution in [1.82, 2.24) is 10.6 Å². The van der Waals surface area contributed by atoms with E-state index in [2.05, 4.69) is 53.4 Å². The van der Waals surface area contributed by atoms with Crippen molar-refractivity contribution < 1.29 is 4.74 Å². The zero-order valence-electron chi connectivity index (χ0n) is 15.4. The molecule has 0 amide bonds. The first-order valence-electron chi connectivity index (χ1n) is 8.29. The zero-order chi connectivity index (χ0) is 16.9. The molecule has 0 aromatic heterocycles. The van der Waals surface area contributed by atoms with E-state index in [0.29, 0.717) is 5.92 Å². The minimum Gasteiger partial charge on any atom is -0.495 e. The lowest BCUT2D eigenvalue weighted by atomic mass is 10.1. The van der Waals surface area contributed by atoms with Crippen LogP contribution in [0.1, 0.15) is 27.2 Å². The van der Waals surface area contributed by atoms with Crippen LogP contribution < -0.4 is 20.3 Å². The summed E-state index contributed by atoms with van der Waals surface area (Å²) in [5.41, 5.74) is 1.20. The molecule has 0 radical (unpaired) electrons. The SMILES string of the molecule is CN=C(NCC1CCN(c2ccccc2OC)C1)NC(C)(C)C.I. The van der Waals surface area contributed by atoms with Gasteiger partial charge in [0.05, 0.1) is 12.8 Å². The highest BCUT2D eigenvalue weighted by Gasteiger charge is 2.25. The fourth-order valence-electron chi connectivity index (χ4n) is 2.88. The van der Waals surface area contributed by atoms with Gasteiger partial charge < -0.3 is 20.3 Å². The number of rotatable bonds is 4. The first-order chi connectivity index (χ1) is 10.9. The van der Waals surface area contributed by atoms with Gasteiger partial charge in [-0.15, -0.1) is 24.0 Å². The number of aliphatic imine (C=N–C) groups is 1. The molecule has 1 unspecified atom stereocenters. The van der Waals surface area contributed by atoms with Crippen molar-refractivity contribution >= 4 is 35.6 Å². The Balaban J connectivity index is 0.00000288. The van der Waals surface area contributed by atoms with E-state index in [1.54, 1.807) is 7.11 Å². The van der Waals surface area contributed by atoms with Gasteiger partial charge in [0.1, 0.15) is 5.75 Å². The van der Waals surface area contributed by atoms with Gasteiger partial charge in [-0.25, -0.2) is 0 Å². The summed E-state index contributed by atoms with van der Waals surface area (Å²) in [4.78, 5) is 6.71. The highest BCUT2D eigenvalue weighted by molar-refractivity contribution is 14.0. The van der Waals surface area contributed by atoms with E-state index in [0.717, 1.165) is 31.3 Å². The maximum Gasteiger partial charge on any atom is 0.191 e. The predicted molar refractivity (Wildman–Crippen MR) is 113 cm³/mol. The molecular weight excluding hydrogens is 415 g/mol. The minimum atomic E-state index is 0. The average molecular weight is 446 g/mol. The molecule has 1 aromatic rings. The lowest BCUT2D eigenvalue weighted by molar-refractivity contribution is 0.414. The summed E-state index contributed by atoms with van der Waals surface area (Å²) in [7, 11) is 3.55. The molecule has 1 saturated heterocycles. The van der Waals surface area contributed by atoms with Crippen LogP contribution in [-0.2, 0) is 0 Å². The van der Waals surface area contributed by atoms with E-state index in [1.165, 1.54) is 12.1 Å². The topological polar surface area (TPSA) is 48.9 Å². The van der Waals surface area contributed by atoms with Gasteiger partial charge >= 0.3 is 0 Å². The molecule has 1 aliphatic heterocycles. The lowest BCUT2D eigenvalue weighted by Gasteiger charge is -2.25. The number of guanidine groups is 1. The highest BCUT2D eigenvalue weighted by atomic mass is 127. The molecule has 1 aliphatic rings. The molecule has 1 fully saturated rings. The van der Waals surface area contributed by atoms with E-state index in [1.807, 2.05) is 19.2 Å². The summed E-state index contributed by atoms with van der Waals surface area (Å²) in [5.74, 6) is 2.43. The normalized spacial score (nSPS) is 18.1. The molecule has 0 spiro atoms. The predicted octanol–water partition coefficient (Wildman–Crippen LogP) is 3.10. The molecule has 0 saturated carbocycles. The van der Waals surface area contributed by atoms with Crippen molar-refractivity contribution in [1.29, 1.82) is 0 Å². The number of halogens is 1. The summed E-state index contributed by atoms with van der Waals surface area (Å²) < 4.78 is 5.48. The molecule has 1 aromatic carbocycles. The smallest absolute Gasteiger partial charge is 0.191 e. The van der Waals surface area contributed by atoms with E-state index in [9.17, 15) is 0 Å². The average Bonchev–Trinajstić information content (AvgIpc) is 2.99. The van der Waals surface area contributed by atoms with Crippen molar-refractivity contribution in [3.63, 3.8) is 0 Å². The molecule has 2 N–H and O–H groups in total. The fraction of sp³-hybridized carbons (Fsp3) is 0.611. The fourth-order valence-corrected chi connectivity index (χ4v) is 2.88. The summed E-state index contributed by atoms with van der Waals surface area (Å²) in [6.45, 7) is 9.45. The minimum absolute atomic E-state index is 0. The Morgan fingerprint density at radius 2 is 2.04 bits per heavy atom. The number of anilines is 1. The van der Waals surface area contributed by atoms with E-state index >= 15 is 0 Å². The van der Waals surface area contributed by atoms with Crippen LogP contribution in [0.3, 0.4) is 0 Å². The number of ether oxygens (including phenoxy) is 1. The largest absolute Gasteiger partial charge is 0.495 e. The Hall–Kier alpha value is -1.18. The Bertz CT molecular complexity index is 542. The number of nitrogens with one attached hydrogen (secondary N) is 2. The summed E-state index contributed by atoms with van der Waals surface area (Å²) >= 11 is 0. The van der Waals surface area contributed by atoms with Gasteiger partial charge in [-0.05, 0) is 45.2 Å². The van der Waals surface area contributed by atoms with Crippen LogP contribution in [-0.4, -0.2) is 45.3 Å². The summed E-state index contributed by atoms with van der Waals surface area (Å²) in [6, 6.07) is 8.24. The third kappa shape index (κ3) is 6.03. The van der Waals surface area contributed by atoms with Crippen LogP contribution in [0, 0.1) is 5.92 Å². The number of benzene rings is 1. The standard InChI is InChI=1S/C18H30N4O.HI/c1-18(2,3)21-17(19-4)20-12-14-10-11-22(13-14)15-8-6-7-9-16(15)23-5;/h6-9,14H,10-13H2,1-5H3,(H2,19,20,21);1H. The molecule has 5 nitrogen and oxygen atoms in total. The number of para-hydroxylation sites is 2. The molecule has 6 heteroatoms. The van der Waals surface area contributed by atoms with Crippen molar-refractivity contribution in [2.45, 2.75) is 32.7 Å². The highest BCUT2D eigenvalue weighted by Crippen LogP contribution is 2.31. The molecule has 0 bridgehead atoms. The van der Waals surface area contributed by atoms with Crippen molar-refractivity contribution in [3.05, 3.63) is 24.3 Å². The molecule has 136 valence electrons. The summed E-state index contributed by atoms with van der Waals surface area (Å²) in [5, 5.41) is 6.85. The Kier molecular flexibility index (Phi) is 8.12. The number of hydrogen-bond acceptors (Lipinski definition) is 3. The lowest BCUT2D eigenvalue weighted by Crippen LogP contribution is -2.48. The van der Waals surface area contributed by atoms with Gasteiger partial charge in [0.25, 0.3) is 0 Å². The molecule has 0 aliphatic carbocycles. The second-order valence-corrected chi connectivity index (χ2v) is 7.10. The van der Waals surface area contributed by atoms with E-state index in [-0.39, 0.29) is 29.5 Å². The number of hydrogen-bond donors (Lipinski definition) is 2. The molecular formula is C18H31IN4O. The van der Waals surface area contributed by atoms with E-state index < -0.39 is 0 Å². The Morgan fingerprint density at radius 3 is 2.67 bits per heavy atom. The van der Waals surface area contributed by atoms with Crippen molar-refractivity contribution in [3.8, 4) is 5.75 Å². The Morgan fingerprint density at radius 1 is 1.33 bits per heavy atom. The van der Waals surface area contributed by atoms with Gasteiger partial charge in [-0.3, -0.25) is 4.99 Å². The molecule has 2 rings (SSSR count). The van der Waals surface area contributed by atoms with Crippen LogP contribution in [0.15, 0.2) is 29.3 Å².